The van der Waals surface area contributed by atoms with E-state index in [0.717, 1.165) is 17.0 Å². The molecule has 0 aliphatic carbocycles. The van der Waals surface area contributed by atoms with Crippen LogP contribution in [-0.2, 0) is 9.59 Å². The van der Waals surface area contributed by atoms with Gasteiger partial charge < -0.3 is 14.6 Å². The van der Waals surface area contributed by atoms with Crippen molar-refractivity contribution in [1.29, 1.82) is 0 Å². The first-order valence-corrected chi connectivity index (χ1v) is 10.9. The number of nitrogens with zero attached hydrogens (tertiary/aromatic N) is 2. The second kappa shape index (κ2) is 9.92. The average molecular weight is 480 g/mol. The minimum absolute atomic E-state index is 0.159. The number of aliphatic hydroxyl groups is 1. The number of aliphatic hydroxyl groups excluding tert-OH is 1. The van der Waals surface area contributed by atoms with Crippen molar-refractivity contribution in [3.8, 4) is 11.5 Å². The zero-order chi connectivity index (χ0) is 25.1. The highest BCUT2D eigenvalue weighted by Gasteiger charge is 2.48. The molecule has 180 valence electrons. The van der Waals surface area contributed by atoms with Crippen molar-refractivity contribution in [2.24, 2.45) is 0 Å². The van der Waals surface area contributed by atoms with E-state index in [1.165, 1.54) is 18.5 Å². The van der Waals surface area contributed by atoms with Crippen LogP contribution in [0.15, 0.2) is 66.5 Å². The molecule has 0 spiro atoms. The summed E-state index contributed by atoms with van der Waals surface area (Å²) >= 11 is 0. The normalized spacial score (nSPS) is 17.0. The lowest BCUT2D eigenvalue weighted by molar-refractivity contribution is -0.132. The quantitative estimate of drug-likeness (QED) is 0.297. The Balaban J connectivity index is 1.95. The van der Waals surface area contributed by atoms with E-state index < -0.39 is 35.1 Å². The first-order valence-electron chi connectivity index (χ1n) is 10.9. The molecule has 7 nitrogen and oxygen atoms in total. The summed E-state index contributed by atoms with van der Waals surface area (Å²) in [5.74, 6) is -3.72. The monoisotopic (exact) mass is 480 g/mol. The van der Waals surface area contributed by atoms with E-state index in [1.807, 2.05) is 6.92 Å². The minimum atomic E-state index is -1.20. The molecule has 1 aliphatic heterocycles. The lowest BCUT2D eigenvalue weighted by Crippen LogP contribution is -2.30. The molecule has 2 heterocycles. The predicted molar refractivity (Wildman–Crippen MR) is 124 cm³/mol. The molecule has 0 bridgehead atoms. The summed E-state index contributed by atoms with van der Waals surface area (Å²) in [6.45, 7) is 4.25. The van der Waals surface area contributed by atoms with E-state index in [-0.39, 0.29) is 29.2 Å². The Labute approximate surface area is 200 Å². The molecule has 1 amide bonds. The van der Waals surface area contributed by atoms with Crippen molar-refractivity contribution in [2.45, 2.75) is 19.9 Å². The van der Waals surface area contributed by atoms with Crippen LogP contribution in [0.2, 0.25) is 0 Å². The fraction of sp³-hybridized carbons (Fsp3) is 0.192. The molecular formula is C26H22F2N2O5. The highest BCUT2D eigenvalue weighted by molar-refractivity contribution is 6.51. The van der Waals surface area contributed by atoms with Crippen LogP contribution in [0.25, 0.3) is 5.76 Å². The van der Waals surface area contributed by atoms with Gasteiger partial charge in [0.05, 0.1) is 36.1 Å². The van der Waals surface area contributed by atoms with Gasteiger partial charge in [0.15, 0.2) is 0 Å². The average Bonchev–Trinajstić information content (AvgIpc) is 3.10. The number of ketones is 1. The van der Waals surface area contributed by atoms with Gasteiger partial charge in [-0.05, 0) is 55.8 Å². The van der Waals surface area contributed by atoms with E-state index in [9.17, 15) is 23.5 Å². The number of carbonyl (C=O) groups excluding carboxylic acids is 2. The van der Waals surface area contributed by atoms with Gasteiger partial charge in [0.2, 0.25) is 0 Å². The van der Waals surface area contributed by atoms with Gasteiger partial charge in [-0.25, -0.2) is 8.78 Å². The Hall–Kier alpha value is -4.27. The molecule has 1 atom stereocenters. The fourth-order valence-corrected chi connectivity index (χ4v) is 3.99. The lowest BCUT2D eigenvalue weighted by Gasteiger charge is -2.25. The molecule has 1 fully saturated rings. The molecule has 4 rings (SSSR count). The van der Waals surface area contributed by atoms with Crippen LogP contribution in [-0.4, -0.2) is 35.0 Å². The highest BCUT2D eigenvalue weighted by Crippen LogP contribution is 2.44. The maximum absolute atomic E-state index is 14.8. The Morgan fingerprint density at radius 2 is 1.71 bits per heavy atom. The predicted octanol–water partition coefficient (Wildman–Crippen LogP) is 4.78. The summed E-state index contributed by atoms with van der Waals surface area (Å²) in [6.07, 6.45) is 2.89. The Morgan fingerprint density at radius 1 is 1.00 bits per heavy atom. The van der Waals surface area contributed by atoms with Crippen LogP contribution in [0.1, 0.15) is 31.0 Å². The third kappa shape index (κ3) is 4.44. The van der Waals surface area contributed by atoms with E-state index in [0.29, 0.717) is 24.0 Å². The maximum atomic E-state index is 14.8. The van der Waals surface area contributed by atoms with Gasteiger partial charge in [-0.1, -0.05) is 0 Å². The van der Waals surface area contributed by atoms with Gasteiger partial charge in [0.25, 0.3) is 11.7 Å². The van der Waals surface area contributed by atoms with Crippen LogP contribution < -0.4 is 14.4 Å². The summed E-state index contributed by atoms with van der Waals surface area (Å²) in [6, 6.07) is 9.25. The minimum Gasteiger partial charge on any atom is -0.507 e. The number of anilines is 1. The second-order valence-corrected chi connectivity index (χ2v) is 7.57. The number of hydrogen-bond donors (Lipinski definition) is 1. The van der Waals surface area contributed by atoms with Gasteiger partial charge in [-0.15, -0.1) is 0 Å². The molecule has 1 unspecified atom stereocenters. The topological polar surface area (TPSA) is 89.0 Å². The first-order chi connectivity index (χ1) is 16.9. The SMILES string of the molecule is CCOc1ccc(/C(O)=C2/C(=O)C(=O)N(c3ccc(F)cc3F)C2c2ccncc2)c(OCC)c1. The zero-order valence-electron chi connectivity index (χ0n) is 19.0. The third-order valence-corrected chi connectivity index (χ3v) is 5.45. The number of pyridine rings is 1. The fourth-order valence-electron chi connectivity index (χ4n) is 3.99. The van der Waals surface area contributed by atoms with Gasteiger partial charge in [0, 0.05) is 24.5 Å². The Bertz CT molecular complexity index is 1310. The molecule has 9 heteroatoms. The molecule has 1 saturated heterocycles. The molecule has 0 saturated carbocycles. The summed E-state index contributed by atoms with van der Waals surface area (Å²) in [5.41, 5.74) is -0.0126. The number of hydrogen-bond acceptors (Lipinski definition) is 6. The number of rotatable bonds is 7. The summed E-state index contributed by atoms with van der Waals surface area (Å²) in [5, 5.41) is 11.3. The van der Waals surface area contributed by atoms with Crippen molar-refractivity contribution < 1.29 is 33.0 Å². The molecule has 2 aromatic carbocycles. The first kappa shape index (κ1) is 23.9. The third-order valence-electron chi connectivity index (χ3n) is 5.45. The maximum Gasteiger partial charge on any atom is 0.300 e. The highest BCUT2D eigenvalue weighted by atomic mass is 19.1. The van der Waals surface area contributed by atoms with E-state index in [4.69, 9.17) is 9.47 Å². The molecule has 1 N–H and O–H groups in total. The van der Waals surface area contributed by atoms with E-state index >= 15 is 0 Å². The van der Waals surface area contributed by atoms with Crippen LogP contribution in [0, 0.1) is 11.6 Å². The standard InChI is InChI=1S/C26H22F2N2O5/c1-3-34-17-6-7-18(21(14-17)35-4-2)24(31)22-23(15-9-11-29-12-10-15)30(26(33)25(22)32)20-8-5-16(27)13-19(20)28/h5-14,23,31H,3-4H2,1-2H3/b24-22-. The number of amides is 1. The molecule has 0 radical (unpaired) electrons. The summed E-state index contributed by atoms with van der Waals surface area (Å²) in [4.78, 5) is 31.2. The van der Waals surface area contributed by atoms with Crippen LogP contribution >= 0.6 is 0 Å². The van der Waals surface area contributed by atoms with Crippen molar-refractivity contribution in [3.63, 3.8) is 0 Å². The van der Waals surface area contributed by atoms with Crippen molar-refractivity contribution in [3.05, 3.63) is 89.3 Å². The van der Waals surface area contributed by atoms with Crippen molar-refractivity contribution in [1.82, 2.24) is 4.98 Å². The van der Waals surface area contributed by atoms with Gasteiger partial charge in [0.1, 0.15) is 28.9 Å². The largest absolute Gasteiger partial charge is 0.507 e. The number of halogens is 2. The number of carbonyl (C=O) groups is 2. The number of benzene rings is 2. The van der Waals surface area contributed by atoms with Crippen LogP contribution in [0.5, 0.6) is 11.5 Å². The summed E-state index contributed by atoms with van der Waals surface area (Å²) in [7, 11) is 0. The Morgan fingerprint density at radius 3 is 2.37 bits per heavy atom. The molecule has 3 aromatic rings. The number of Topliss-reactive ketones (excluding diaryl/α,β-unsaturated/α-hetero) is 1. The lowest BCUT2D eigenvalue weighted by atomic mass is 9.95. The van der Waals surface area contributed by atoms with E-state index in [2.05, 4.69) is 4.98 Å². The summed E-state index contributed by atoms with van der Waals surface area (Å²) < 4.78 is 39.5. The number of aromatic nitrogens is 1. The molecule has 1 aromatic heterocycles. The van der Waals surface area contributed by atoms with Crippen LogP contribution in [0.4, 0.5) is 14.5 Å². The zero-order valence-corrected chi connectivity index (χ0v) is 19.0. The smallest absolute Gasteiger partial charge is 0.300 e. The van der Waals surface area contributed by atoms with Gasteiger partial charge in [-0.3, -0.25) is 19.5 Å². The molecule has 35 heavy (non-hydrogen) atoms. The number of ether oxygens (including phenoxy) is 2. The Kier molecular flexibility index (Phi) is 6.77. The van der Waals surface area contributed by atoms with Gasteiger partial charge in [-0.2, -0.15) is 0 Å². The van der Waals surface area contributed by atoms with E-state index in [1.54, 1.807) is 31.2 Å². The van der Waals surface area contributed by atoms with Gasteiger partial charge >= 0.3 is 0 Å². The van der Waals surface area contributed by atoms with Crippen LogP contribution in [0.3, 0.4) is 0 Å². The second-order valence-electron chi connectivity index (χ2n) is 7.57. The molecular weight excluding hydrogens is 458 g/mol. The van der Waals surface area contributed by atoms with Crippen molar-refractivity contribution in [2.75, 3.05) is 18.1 Å². The molecule has 1 aliphatic rings. The van der Waals surface area contributed by atoms with Crippen molar-refractivity contribution >= 4 is 23.1 Å².